The maximum atomic E-state index is 15.0. The topological polar surface area (TPSA) is 167 Å². The van der Waals surface area contributed by atoms with Crippen molar-refractivity contribution in [2.24, 2.45) is 5.41 Å². The number of nitrogens with one attached hydrogen (secondary N) is 2. The fourth-order valence-electron chi connectivity index (χ4n) is 7.23. The van der Waals surface area contributed by atoms with Crippen LogP contribution in [0, 0.1) is 22.6 Å². The van der Waals surface area contributed by atoms with Crippen LogP contribution in [-0.4, -0.2) is 84.4 Å². The lowest BCUT2D eigenvalue weighted by Crippen LogP contribution is -2.54. The molecule has 6 rings (SSSR count). The average molecular weight is 808 g/mol. The van der Waals surface area contributed by atoms with Gasteiger partial charge in [-0.1, -0.05) is 26.0 Å². The van der Waals surface area contributed by atoms with Crippen LogP contribution in [0.25, 0.3) is 0 Å². The van der Waals surface area contributed by atoms with Gasteiger partial charge in [-0.05, 0) is 73.7 Å². The molecule has 3 aromatic carbocycles. The van der Waals surface area contributed by atoms with Crippen molar-refractivity contribution in [1.82, 2.24) is 15.1 Å². The Morgan fingerprint density at radius 3 is 2.47 bits per heavy atom. The molecule has 13 nitrogen and oxygen atoms in total. The van der Waals surface area contributed by atoms with Crippen LogP contribution < -0.4 is 20.1 Å². The minimum Gasteiger partial charge on any atom is -0.491 e. The van der Waals surface area contributed by atoms with Crippen LogP contribution in [0.3, 0.4) is 0 Å². The second-order valence-corrected chi connectivity index (χ2v) is 14.9. The van der Waals surface area contributed by atoms with Gasteiger partial charge >= 0.3 is 6.18 Å². The van der Waals surface area contributed by atoms with Crippen molar-refractivity contribution in [3.8, 4) is 17.6 Å². The molecular weight excluding hydrogens is 766 g/mol. The largest absolute Gasteiger partial charge is 0.491 e. The SMILES string of the molecule is CC1(C)CN(Cc2ccc(OCCCCCOCCNc3cccc4c3C(=O)N(C3CCC(=O)NC3=O)C4=O)c(F)c2)C(=O)C1Oc1ccc(C#N)c(C(F)(F)F)c1. The number of benzene rings is 3. The van der Waals surface area contributed by atoms with Gasteiger partial charge in [-0.25, -0.2) is 4.39 Å². The fraction of sp³-hybridized carbons (Fsp3) is 0.415. The zero-order valence-electron chi connectivity index (χ0n) is 31.7. The highest BCUT2D eigenvalue weighted by atomic mass is 19.4. The molecule has 0 saturated carbocycles. The van der Waals surface area contributed by atoms with Gasteiger partial charge < -0.3 is 24.4 Å². The maximum absolute atomic E-state index is 15.0. The number of hydrogen-bond donors (Lipinski definition) is 2. The quantitative estimate of drug-likeness (QED) is 0.106. The Morgan fingerprint density at radius 1 is 0.966 bits per heavy atom. The number of ether oxygens (including phenoxy) is 3. The molecule has 3 aliphatic rings. The molecule has 17 heteroatoms. The third kappa shape index (κ3) is 9.07. The summed E-state index contributed by atoms with van der Waals surface area (Å²) in [6.07, 6.45) is -3.71. The van der Waals surface area contributed by atoms with E-state index in [0.29, 0.717) is 49.9 Å². The predicted octanol–water partition coefficient (Wildman–Crippen LogP) is 5.61. The highest BCUT2D eigenvalue weighted by molar-refractivity contribution is 6.25. The van der Waals surface area contributed by atoms with E-state index in [4.69, 9.17) is 19.5 Å². The molecular formula is C41H41F4N5O8. The Balaban J connectivity index is 0.892. The molecule has 5 amide bonds. The molecule has 2 N–H and O–H groups in total. The van der Waals surface area contributed by atoms with Crippen LogP contribution in [0.1, 0.15) is 83.4 Å². The highest BCUT2D eigenvalue weighted by Gasteiger charge is 2.49. The predicted molar refractivity (Wildman–Crippen MR) is 198 cm³/mol. The minimum absolute atomic E-state index is 0.0333. The number of amides is 5. The van der Waals surface area contributed by atoms with Crippen molar-refractivity contribution in [1.29, 1.82) is 5.26 Å². The molecule has 0 aromatic heterocycles. The Bertz CT molecular complexity index is 2150. The van der Waals surface area contributed by atoms with Gasteiger partial charge in [0.05, 0.1) is 41.5 Å². The molecule has 0 bridgehead atoms. The van der Waals surface area contributed by atoms with Crippen LogP contribution in [0.5, 0.6) is 11.5 Å². The Morgan fingerprint density at radius 2 is 1.74 bits per heavy atom. The Hall–Kier alpha value is -6.02. The molecule has 3 heterocycles. The van der Waals surface area contributed by atoms with Gasteiger partial charge in [0.25, 0.3) is 17.7 Å². The molecule has 2 fully saturated rings. The van der Waals surface area contributed by atoms with E-state index < -0.39 is 70.2 Å². The lowest BCUT2D eigenvalue weighted by atomic mass is 9.89. The molecule has 3 aromatic rings. The van der Waals surface area contributed by atoms with Crippen molar-refractivity contribution in [3.05, 3.63) is 88.2 Å². The van der Waals surface area contributed by atoms with Gasteiger partial charge in [-0.2, -0.15) is 18.4 Å². The van der Waals surface area contributed by atoms with E-state index in [-0.39, 0.29) is 55.2 Å². The van der Waals surface area contributed by atoms with E-state index in [1.54, 1.807) is 32.0 Å². The Kier molecular flexibility index (Phi) is 12.4. The number of carbonyl (C=O) groups is 5. The first-order valence-electron chi connectivity index (χ1n) is 18.7. The van der Waals surface area contributed by atoms with Gasteiger partial charge in [0.2, 0.25) is 11.8 Å². The van der Waals surface area contributed by atoms with Crippen molar-refractivity contribution in [2.45, 2.75) is 70.8 Å². The summed E-state index contributed by atoms with van der Waals surface area (Å²) >= 11 is 0. The van der Waals surface area contributed by atoms with E-state index in [0.717, 1.165) is 17.4 Å². The number of halogens is 4. The van der Waals surface area contributed by atoms with Crippen molar-refractivity contribution >= 4 is 35.2 Å². The molecule has 306 valence electrons. The van der Waals surface area contributed by atoms with E-state index in [1.165, 1.54) is 35.2 Å². The van der Waals surface area contributed by atoms with Gasteiger partial charge in [-0.3, -0.25) is 34.2 Å². The lowest BCUT2D eigenvalue weighted by Gasteiger charge is -2.27. The lowest BCUT2D eigenvalue weighted by molar-refractivity contribution is -0.138. The molecule has 3 aliphatic heterocycles. The highest BCUT2D eigenvalue weighted by Crippen LogP contribution is 2.39. The number of fused-ring (bicyclic) bond motifs is 1. The number of unbranched alkanes of at least 4 members (excludes halogenated alkanes) is 2. The number of anilines is 1. The number of nitriles is 1. The maximum Gasteiger partial charge on any atom is 0.417 e. The standard InChI is InChI=1S/C41H41F4N5O8/c1-40(2)23-49(39(55)35(40)58-26-11-10-25(21-46)28(20-26)41(43,44)45)22-24-9-13-32(29(42)19-24)57-17-5-3-4-16-56-18-15-47-30-8-6-7-27-34(30)38(54)50(37(27)53)31-12-14-33(51)48-36(31)52/h6-11,13,19-20,31,35,47H,3-5,12,14-18,22-23H2,1-2H3,(H,48,51,52). The zero-order chi connectivity index (χ0) is 41.8. The summed E-state index contributed by atoms with van der Waals surface area (Å²) in [5, 5.41) is 14.4. The van der Waals surface area contributed by atoms with Gasteiger partial charge in [0.1, 0.15) is 11.8 Å². The van der Waals surface area contributed by atoms with E-state index in [1.807, 2.05) is 0 Å². The first-order valence-corrected chi connectivity index (χ1v) is 18.7. The summed E-state index contributed by atoms with van der Waals surface area (Å²) in [4.78, 5) is 65.8. The molecule has 2 atom stereocenters. The number of carbonyl (C=O) groups excluding carboxylic acids is 5. The van der Waals surface area contributed by atoms with Crippen molar-refractivity contribution < 1.29 is 55.7 Å². The van der Waals surface area contributed by atoms with Gasteiger partial charge in [0, 0.05) is 43.8 Å². The van der Waals surface area contributed by atoms with Crippen LogP contribution >= 0.6 is 0 Å². The number of piperidine rings is 1. The fourth-order valence-corrected chi connectivity index (χ4v) is 7.23. The van der Waals surface area contributed by atoms with Gasteiger partial charge in [0.15, 0.2) is 17.7 Å². The first kappa shape index (κ1) is 41.6. The third-order valence-corrected chi connectivity index (χ3v) is 10.1. The van der Waals surface area contributed by atoms with Crippen LogP contribution in [0.2, 0.25) is 0 Å². The second-order valence-electron chi connectivity index (χ2n) is 14.9. The number of alkyl halides is 3. The summed E-state index contributed by atoms with van der Waals surface area (Å²) in [6.45, 7) is 5.11. The normalized spacial score (nSPS) is 18.9. The minimum atomic E-state index is -4.78. The smallest absolute Gasteiger partial charge is 0.417 e. The third-order valence-electron chi connectivity index (χ3n) is 10.1. The molecule has 2 unspecified atom stereocenters. The number of imide groups is 2. The summed E-state index contributed by atoms with van der Waals surface area (Å²) in [5.74, 6) is -3.51. The van der Waals surface area contributed by atoms with Crippen LogP contribution in [-0.2, 0) is 31.8 Å². The molecule has 0 aliphatic carbocycles. The number of rotatable bonds is 16. The number of hydrogen-bond acceptors (Lipinski definition) is 10. The van der Waals surface area contributed by atoms with Crippen molar-refractivity contribution in [3.63, 3.8) is 0 Å². The summed E-state index contributed by atoms with van der Waals surface area (Å²) in [5.41, 5.74) is -1.21. The zero-order valence-corrected chi connectivity index (χ0v) is 31.7. The summed E-state index contributed by atoms with van der Waals surface area (Å²) < 4.78 is 72.5. The van der Waals surface area contributed by atoms with Crippen LogP contribution in [0.15, 0.2) is 54.6 Å². The monoisotopic (exact) mass is 807 g/mol. The van der Waals surface area contributed by atoms with E-state index >= 15 is 0 Å². The summed E-state index contributed by atoms with van der Waals surface area (Å²) in [6, 6.07) is 12.6. The van der Waals surface area contributed by atoms with Crippen molar-refractivity contribution in [2.75, 3.05) is 38.2 Å². The summed E-state index contributed by atoms with van der Waals surface area (Å²) in [7, 11) is 0. The molecule has 58 heavy (non-hydrogen) atoms. The first-order chi connectivity index (χ1) is 27.6. The number of likely N-dealkylation sites (tertiary alicyclic amines) is 1. The molecule has 2 saturated heterocycles. The number of nitrogens with zero attached hydrogens (tertiary/aromatic N) is 3. The van der Waals surface area contributed by atoms with E-state index in [9.17, 15) is 41.5 Å². The molecule has 0 spiro atoms. The Labute approximate surface area is 331 Å². The molecule has 0 radical (unpaired) electrons. The van der Waals surface area contributed by atoms with Crippen LogP contribution in [0.4, 0.5) is 23.2 Å². The van der Waals surface area contributed by atoms with Gasteiger partial charge in [-0.15, -0.1) is 0 Å². The second kappa shape index (κ2) is 17.2. The van der Waals surface area contributed by atoms with E-state index in [2.05, 4.69) is 10.6 Å². The average Bonchev–Trinajstić information content (AvgIpc) is 3.55.